The summed E-state index contributed by atoms with van der Waals surface area (Å²) in [4.78, 5) is 3.39. The summed E-state index contributed by atoms with van der Waals surface area (Å²) in [6, 6.07) is 12.0. The van der Waals surface area contributed by atoms with Crippen molar-refractivity contribution in [1.82, 2.24) is 20.2 Å². The molecule has 3 rings (SSSR count). The molecule has 3 aromatic rings. The summed E-state index contributed by atoms with van der Waals surface area (Å²) in [5.74, 6) is 0.740. The van der Waals surface area contributed by atoms with Crippen LogP contribution in [0.3, 0.4) is 0 Å². The van der Waals surface area contributed by atoms with E-state index in [9.17, 15) is 0 Å². The van der Waals surface area contributed by atoms with Crippen molar-refractivity contribution in [2.24, 2.45) is 0 Å². The number of hydrogen-bond donors (Lipinski definition) is 0. The monoisotopic (exact) mass is 285 g/mol. The Morgan fingerprint density at radius 3 is 2.70 bits per heavy atom. The van der Waals surface area contributed by atoms with Gasteiger partial charge in [0.1, 0.15) is 0 Å². The molecule has 0 spiro atoms. The molecule has 0 aliphatic carbocycles. The van der Waals surface area contributed by atoms with E-state index in [0.29, 0.717) is 0 Å². The lowest BCUT2D eigenvalue weighted by Crippen LogP contribution is -2.20. The molecule has 0 radical (unpaired) electrons. The van der Waals surface area contributed by atoms with Crippen LogP contribution in [0, 0.1) is 6.92 Å². The van der Waals surface area contributed by atoms with Crippen molar-refractivity contribution in [3.05, 3.63) is 52.2 Å². The number of thiophene rings is 1. The van der Waals surface area contributed by atoms with Gasteiger partial charge in [-0.05, 0) is 46.5 Å². The van der Waals surface area contributed by atoms with Gasteiger partial charge in [0.05, 0.1) is 12.2 Å². The summed E-state index contributed by atoms with van der Waals surface area (Å²) in [6.07, 6.45) is 0. The van der Waals surface area contributed by atoms with E-state index >= 15 is 0 Å². The zero-order chi connectivity index (χ0) is 13.9. The van der Waals surface area contributed by atoms with Gasteiger partial charge >= 0.3 is 0 Å². The summed E-state index contributed by atoms with van der Waals surface area (Å²) in [7, 11) is 2.00. The van der Waals surface area contributed by atoms with E-state index in [2.05, 4.69) is 38.8 Å². The third kappa shape index (κ3) is 2.42. The molecule has 0 atom stereocenters. The standard InChI is InChI=1S/C14H15N5S/c1-11-8-9-20-13(11)10-18(2)14-15-16-17-19(14)12-6-4-3-5-7-12/h3-9H,10H2,1-2H3. The molecule has 1 aromatic carbocycles. The minimum absolute atomic E-state index is 0.740. The van der Waals surface area contributed by atoms with E-state index in [4.69, 9.17) is 0 Å². The molecule has 2 aromatic heterocycles. The molecule has 0 aliphatic rings. The lowest BCUT2D eigenvalue weighted by Gasteiger charge is -2.17. The van der Waals surface area contributed by atoms with Crippen LogP contribution in [-0.4, -0.2) is 27.3 Å². The predicted molar refractivity (Wildman–Crippen MR) is 80.3 cm³/mol. The van der Waals surface area contributed by atoms with Gasteiger partial charge in [0.25, 0.3) is 0 Å². The second-order valence-corrected chi connectivity index (χ2v) is 5.61. The number of rotatable bonds is 4. The van der Waals surface area contributed by atoms with Crippen LogP contribution < -0.4 is 4.90 Å². The molecular weight excluding hydrogens is 270 g/mol. The minimum atomic E-state index is 0.740. The Morgan fingerprint density at radius 1 is 1.20 bits per heavy atom. The van der Waals surface area contributed by atoms with Crippen molar-refractivity contribution in [2.45, 2.75) is 13.5 Å². The average molecular weight is 285 g/mol. The molecule has 0 saturated heterocycles. The molecular formula is C14H15N5S. The van der Waals surface area contributed by atoms with Crippen LogP contribution in [0.4, 0.5) is 5.95 Å². The maximum atomic E-state index is 4.14. The quantitative estimate of drug-likeness (QED) is 0.739. The van der Waals surface area contributed by atoms with Crippen molar-refractivity contribution >= 4 is 17.3 Å². The largest absolute Gasteiger partial charge is 0.337 e. The summed E-state index contributed by atoms with van der Waals surface area (Å²) < 4.78 is 1.75. The molecule has 102 valence electrons. The number of benzene rings is 1. The lowest BCUT2D eigenvalue weighted by atomic mass is 10.3. The maximum Gasteiger partial charge on any atom is 0.250 e. The fraction of sp³-hybridized carbons (Fsp3) is 0.214. The Morgan fingerprint density at radius 2 is 2.00 bits per heavy atom. The van der Waals surface area contributed by atoms with Gasteiger partial charge in [-0.1, -0.05) is 23.3 Å². The number of anilines is 1. The summed E-state index contributed by atoms with van der Waals surface area (Å²) >= 11 is 1.76. The van der Waals surface area contributed by atoms with Crippen LogP contribution >= 0.6 is 11.3 Å². The van der Waals surface area contributed by atoms with Crippen LogP contribution in [0.5, 0.6) is 0 Å². The highest BCUT2D eigenvalue weighted by Crippen LogP contribution is 2.21. The molecule has 0 unspecified atom stereocenters. The molecule has 0 amide bonds. The number of nitrogens with zero attached hydrogens (tertiary/aromatic N) is 5. The summed E-state index contributed by atoms with van der Waals surface area (Å²) in [5.41, 5.74) is 2.27. The number of para-hydroxylation sites is 1. The van der Waals surface area contributed by atoms with Gasteiger partial charge < -0.3 is 4.90 Å². The van der Waals surface area contributed by atoms with E-state index in [1.165, 1.54) is 10.4 Å². The van der Waals surface area contributed by atoms with E-state index < -0.39 is 0 Å². The van der Waals surface area contributed by atoms with Crippen molar-refractivity contribution in [3.8, 4) is 5.69 Å². The van der Waals surface area contributed by atoms with Crippen molar-refractivity contribution < 1.29 is 0 Å². The van der Waals surface area contributed by atoms with Crippen molar-refractivity contribution in [2.75, 3.05) is 11.9 Å². The number of aryl methyl sites for hydroxylation is 1. The molecule has 0 saturated carbocycles. The SMILES string of the molecule is Cc1ccsc1CN(C)c1nnnn1-c1ccccc1. The van der Waals surface area contributed by atoms with Gasteiger partial charge in [0, 0.05) is 11.9 Å². The fourth-order valence-corrected chi connectivity index (χ4v) is 2.97. The van der Waals surface area contributed by atoms with E-state index in [1.54, 1.807) is 16.0 Å². The van der Waals surface area contributed by atoms with E-state index in [-0.39, 0.29) is 0 Å². The second-order valence-electron chi connectivity index (χ2n) is 4.61. The Kier molecular flexibility index (Phi) is 3.47. The Labute approximate surface area is 121 Å². The van der Waals surface area contributed by atoms with E-state index in [1.807, 2.05) is 37.4 Å². The molecule has 20 heavy (non-hydrogen) atoms. The lowest BCUT2D eigenvalue weighted by molar-refractivity contribution is 0.773. The van der Waals surface area contributed by atoms with Crippen molar-refractivity contribution in [1.29, 1.82) is 0 Å². The van der Waals surface area contributed by atoms with Crippen molar-refractivity contribution in [3.63, 3.8) is 0 Å². The van der Waals surface area contributed by atoms with Gasteiger partial charge in [0.15, 0.2) is 0 Å². The maximum absolute atomic E-state index is 4.14. The highest BCUT2D eigenvalue weighted by Gasteiger charge is 2.14. The van der Waals surface area contributed by atoms with Gasteiger partial charge in [-0.15, -0.1) is 11.3 Å². The van der Waals surface area contributed by atoms with Gasteiger partial charge in [0.2, 0.25) is 5.95 Å². The van der Waals surface area contributed by atoms with Gasteiger partial charge in [-0.2, -0.15) is 4.68 Å². The fourth-order valence-electron chi connectivity index (χ4n) is 2.01. The molecule has 5 nitrogen and oxygen atoms in total. The van der Waals surface area contributed by atoms with Crippen LogP contribution in [0.1, 0.15) is 10.4 Å². The Bertz CT molecular complexity index is 688. The van der Waals surface area contributed by atoms with Crippen LogP contribution in [0.15, 0.2) is 41.8 Å². The molecule has 2 heterocycles. The van der Waals surface area contributed by atoms with Crippen LogP contribution in [0.25, 0.3) is 5.69 Å². The zero-order valence-corrected chi connectivity index (χ0v) is 12.2. The molecule has 0 aliphatic heterocycles. The third-order valence-corrected chi connectivity index (χ3v) is 4.15. The molecule has 6 heteroatoms. The average Bonchev–Trinajstić information content (AvgIpc) is 3.09. The highest BCUT2D eigenvalue weighted by molar-refractivity contribution is 7.10. The third-order valence-electron chi connectivity index (χ3n) is 3.14. The Balaban J connectivity index is 1.88. The number of hydrogen-bond acceptors (Lipinski definition) is 5. The smallest absolute Gasteiger partial charge is 0.250 e. The second kappa shape index (κ2) is 5.42. The summed E-state index contributed by atoms with van der Waals surface area (Å²) in [5, 5.41) is 14.1. The Hall–Kier alpha value is -2.21. The highest BCUT2D eigenvalue weighted by atomic mass is 32.1. The molecule has 0 bridgehead atoms. The molecule has 0 N–H and O–H groups in total. The first-order valence-electron chi connectivity index (χ1n) is 6.33. The van der Waals surface area contributed by atoms with Gasteiger partial charge in [-0.3, -0.25) is 0 Å². The number of aromatic nitrogens is 4. The topological polar surface area (TPSA) is 46.8 Å². The van der Waals surface area contributed by atoms with Crippen LogP contribution in [-0.2, 0) is 6.54 Å². The first-order chi connectivity index (χ1) is 9.75. The first-order valence-corrected chi connectivity index (χ1v) is 7.21. The van der Waals surface area contributed by atoms with Gasteiger partial charge in [-0.25, -0.2) is 0 Å². The predicted octanol–water partition coefficient (Wildman–Crippen LogP) is 2.67. The van der Waals surface area contributed by atoms with Crippen LogP contribution in [0.2, 0.25) is 0 Å². The first kappa shape index (κ1) is 12.8. The minimum Gasteiger partial charge on any atom is -0.337 e. The zero-order valence-electron chi connectivity index (χ0n) is 11.4. The summed E-state index contributed by atoms with van der Waals surface area (Å²) in [6.45, 7) is 2.93. The number of tetrazole rings is 1. The van der Waals surface area contributed by atoms with E-state index in [0.717, 1.165) is 18.2 Å². The normalized spacial score (nSPS) is 10.7. The molecule has 0 fully saturated rings.